The minimum Gasteiger partial charge on any atom is -0.496 e. The van der Waals surface area contributed by atoms with E-state index in [4.69, 9.17) is 21.7 Å². The number of benzene rings is 1. The molecular formula is C13H16N4O4S. The first kappa shape index (κ1) is 17.4. The van der Waals surface area contributed by atoms with Crippen molar-refractivity contribution in [2.75, 3.05) is 20.8 Å². The minimum absolute atomic E-state index is 0.107. The number of nitro benzene ring substituents is 1. The molecule has 118 valence electrons. The fraction of sp³-hybridized carbons (Fsp3) is 0.231. The van der Waals surface area contributed by atoms with Crippen LogP contribution in [0.15, 0.2) is 29.9 Å². The van der Waals surface area contributed by atoms with E-state index in [0.29, 0.717) is 23.0 Å². The molecular weight excluding hydrogens is 308 g/mol. The number of hydrazone groups is 1. The normalized spacial score (nSPS) is 10.1. The number of hydrogen-bond acceptors (Lipinski definition) is 6. The molecule has 0 aliphatic heterocycles. The first-order chi connectivity index (χ1) is 10.5. The van der Waals surface area contributed by atoms with Crippen molar-refractivity contribution in [3.8, 4) is 11.5 Å². The Morgan fingerprint density at radius 3 is 2.68 bits per heavy atom. The van der Waals surface area contributed by atoms with Crippen LogP contribution in [0.1, 0.15) is 5.56 Å². The zero-order chi connectivity index (χ0) is 16.5. The van der Waals surface area contributed by atoms with Crippen molar-refractivity contribution in [1.82, 2.24) is 10.7 Å². The van der Waals surface area contributed by atoms with Gasteiger partial charge in [-0.15, -0.1) is 6.58 Å². The van der Waals surface area contributed by atoms with Gasteiger partial charge in [0.15, 0.2) is 5.11 Å². The van der Waals surface area contributed by atoms with Gasteiger partial charge in [0.05, 0.1) is 25.4 Å². The molecule has 0 unspecified atom stereocenters. The van der Waals surface area contributed by atoms with E-state index >= 15 is 0 Å². The van der Waals surface area contributed by atoms with Crippen LogP contribution in [-0.2, 0) is 0 Å². The summed E-state index contributed by atoms with van der Waals surface area (Å²) < 4.78 is 10.1. The molecule has 0 fully saturated rings. The summed E-state index contributed by atoms with van der Waals surface area (Å²) in [7, 11) is 2.79. The molecule has 0 bridgehead atoms. The largest absolute Gasteiger partial charge is 0.496 e. The van der Waals surface area contributed by atoms with Gasteiger partial charge in [0.1, 0.15) is 5.75 Å². The summed E-state index contributed by atoms with van der Waals surface area (Å²) in [4.78, 5) is 10.5. The Morgan fingerprint density at radius 2 is 2.14 bits per heavy atom. The number of rotatable bonds is 7. The fourth-order valence-electron chi connectivity index (χ4n) is 1.51. The maximum atomic E-state index is 11.0. The summed E-state index contributed by atoms with van der Waals surface area (Å²) in [5, 5.41) is 18.0. The lowest BCUT2D eigenvalue weighted by Crippen LogP contribution is -2.31. The molecule has 0 spiro atoms. The van der Waals surface area contributed by atoms with E-state index in [9.17, 15) is 10.1 Å². The molecule has 0 aromatic heterocycles. The maximum absolute atomic E-state index is 11.0. The average molecular weight is 324 g/mol. The Kier molecular flexibility index (Phi) is 6.77. The molecule has 0 atom stereocenters. The van der Waals surface area contributed by atoms with Crippen LogP contribution < -0.4 is 20.2 Å². The van der Waals surface area contributed by atoms with E-state index < -0.39 is 4.92 Å². The SMILES string of the molecule is C=CCNC(=S)N/N=C/c1cc([N+](=O)[O-])c(OC)cc1OC. The van der Waals surface area contributed by atoms with Gasteiger partial charge in [-0.05, 0) is 12.2 Å². The van der Waals surface area contributed by atoms with Crippen molar-refractivity contribution in [3.63, 3.8) is 0 Å². The lowest BCUT2D eigenvalue weighted by atomic mass is 10.1. The lowest BCUT2D eigenvalue weighted by molar-refractivity contribution is -0.385. The topological polar surface area (TPSA) is 98.0 Å². The summed E-state index contributed by atoms with van der Waals surface area (Å²) in [5.74, 6) is 0.494. The quantitative estimate of drug-likeness (QED) is 0.258. The summed E-state index contributed by atoms with van der Waals surface area (Å²) >= 11 is 4.96. The van der Waals surface area contributed by atoms with E-state index in [1.54, 1.807) is 6.08 Å². The van der Waals surface area contributed by atoms with Gasteiger partial charge in [0.25, 0.3) is 0 Å². The van der Waals surface area contributed by atoms with Crippen LogP contribution in [-0.4, -0.2) is 37.0 Å². The van der Waals surface area contributed by atoms with E-state index in [1.807, 2.05) is 0 Å². The summed E-state index contributed by atoms with van der Waals surface area (Å²) in [5.41, 5.74) is 2.81. The Labute approximate surface area is 133 Å². The van der Waals surface area contributed by atoms with Gasteiger partial charge in [0.2, 0.25) is 5.75 Å². The number of nitrogens with one attached hydrogen (secondary N) is 2. The van der Waals surface area contributed by atoms with Crippen molar-refractivity contribution < 1.29 is 14.4 Å². The van der Waals surface area contributed by atoms with Gasteiger partial charge in [-0.2, -0.15) is 5.10 Å². The first-order valence-electron chi connectivity index (χ1n) is 6.11. The summed E-state index contributed by atoms with van der Waals surface area (Å²) in [6.07, 6.45) is 3.01. The van der Waals surface area contributed by atoms with Crippen LogP contribution >= 0.6 is 12.2 Å². The molecule has 1 aromatic rings. The molecule has 0 radical (unpaired) electrons. The second-order valence-electron chi connectivity index (χ2n) is 3.89. The highest BCUT2D eigenvalue weighted by atomic mass is 32.1. The molecule has 0 aliphatic carbocycles. The standard InChI is InChI=1S/C13H16N4O4S/c1-4-5-14-13(22)16-15-8-9-6-10(17(18)19)12(21-3)7-11(9)20-2/h4,6-8H,1,5H2,2-3H3,(H2,14,16,22)/b15-8+. The zero-order valence-electron chi connectivity index (χ0n) is 12.2. The van der Waals surface area contributed by atoms with Crippen molar-refractivity contribution >= 4 is 29.2 Å². The van der Waals surface area contributed by atoms with Crippen LogP contribution in [0.25, 0.3) is 0 Å². The molecule has 0 heterocycles. The number of thiocarbonyl (C=S) groups is 1. The molecule has 2 N–H and O–H groups in total. The maximum Gasteiger partial charge on any atom is 0.311 e. The van der Waals surface area contributed by atoms with E-state index in [2.05, 4.69) is 22.4 Å². The van der Waals surface area contributed by atoms with Crippen LogP contribution in [0, 0.1) is 10.1 Å². The predicted octanol–water partition coefficient (Wildman–Crippen LogP) is 1.60. The third-order valence-corrected chi connectivity index (χ3v) is 2.74. The zero-order valence-corrected chi connectivity index (χ0v) is 13.0. The van der Waals surface area contributed by atoms with Crippen LogP contribution in [0.5, 0.6) is 11.5 Å². The van der Waals surface area contributed by atoms with Crippen LogP contribution in [0.4, 0.5) is 5.69 Å². The fourth-order valence-corrected chi connectivity index (χ4v) is 1.65. The first-order valence-corrected chi connectivity index (χ1v) is 6.52. The number of ether oxygens (including phenoxy) is 2. The highest BCUT2D eigenvalue weighted by Gasteiger charge is 2.18. The Hall–Kier alpha value is -2.68. The second-order valence-corrected chi connectivity index (χ2v) is 4.30. The van der Waals surface area contributed by atoms with Gasteiger partial charge in [0, 0.05) is 24.2 Å². The Morgan fingerprint density at radius 1 is 1.45 bits per heavy atom. The van der Waals surface area contributed by atoms with Crippen LogP contribution in [0.2, 0.25) is 0 Å². The molecule has 22 heavy (non-hydrogen) atoms. The molecule has 1 rings (SSSR count). The summed E-state index contributed by atoms with van der Waals surface area (Å²) in [6.45, 7) is 4.04. The van der Waals surface area contributed by atoms with E-state index in [0.717, 1.165) is 0 Å². The molecule has 9 heteroatoms. The van der Waals surface area contributed by atoms with E-state index in [-0.39, 0.29) is 11.4 Å². The second kappa shape index (κ2) is 8.57. The molecule has 8 nitrogen and oxygen atoms in total. The third kappa shape index (κ3) is 4.70. The van der Waals surface area contributed by atoms with Crippen molar-refractivity contribution in [1.29, 1.82) is 0 Å². The molecule has 0 saturated heterocycles. The number of nitro groups is 1. The summed E-state index contributed by atoms with van der Waals surface area (Å²) in [6, 6.07) is 2.73. The molecule has 0 amide bonds. The van der Waals surface area contributed by atoms with Gasteiger partial charge in [-0.3, -0.25) is 15.5 Å². The van der Waals surface area contributed by atoms with Crippen molar-refractivity contribution in [2.45, 2.75) is 0 Å². The minimum atomic E-state index is -0.542. The Bertz CT molecular complexity index is 604. The third-order valence-electron chi connectivity index (χ3n) is 2.50. The molecule has 0 saturated carbocycles. The average Bonchev–Trinajstić information content (AvgIpc) is 2.52. The van der Waals surface area contributed by atoms with Gasteiger partial charge >= 0.3 is 5.69 Å². The van der Waals surface area contributed by atoms with Crippen molar-refractivity contribution in [3.05, 3.63) is 40.5 Å². The predicted molar refractivity (Wildman–Crippen MR) is 87.7 cm³/mol. The van der Waals surface area contributed by atoms with Crippen molar-refractivity contribution in [2.24, 2.45) is 5.10 Å². The lowest BCUT2D eigenvalue weighted by Gasteiger charge is -2.08. The number of hydrogen-bond donors (Lipinski definition) is 2. The highest BCUT2D eigenvalue weighted by Crippen LogP contribution is 2.33. The smallest absolute Gasteiger partial charge is 0.311 e. The van der Waals surface area contributed by atoms with E-state index in [1.165, 1.54) is 32.6 Å². The van der Waals surface area contributed by atoms with Gasteiger partial charge < -0.3 is 14.8 Å². The molecule has 1 aromatic carbocycles. The van der Waals surface area contributed by atoms with Gasteiger partial charge in [-0.1, -0.05) is 6.08 Å². The molecule has 0 aliphatic rings. The highest BCUT2D eigenvalue weighted by molar-refractivity contribution is 7.80. The van der Waals surface area contributed by atoms with Crippen LogP contribution in [0.3, 0.4) is 0 Å². The van der Waals surface area contributed by atoms with Gasteiger partial charge in [-0.25, -0.2) is 0 Å². The monoisotopic (exact) mass is 324 g/mol. The number of nitrogens with zero attached hydrogens (tertiary/aromatic N) is 2. The number of methoxy groups -OCH3 is 2. The Balaban J connectivity index is 2.97.